The van der Waals surface area contributed by atoms with E-state index < -0.39 is 29.6 Å². The Morgan fingerprint density at radius 2 is 1.42 bits per heavy atom. The van der Waals surface area contributed by atoms with Crippen molar-refractivity contribution in [1.29, 1.82) is 0 Å². The molecule has 0 aliphatic rings. The molecule has 2 atom stereocenters. The van der Waals surface area contributed by atoms with Gasteiger partial charge in [0.15, 0.2) is 11.6 Å². The molecular weight excluding hydrogens is 394 g/mol. The van der Waals surface area contributed by atoms with E-state index in [1.165, 1.54) is 6.92 Å². The van der Waals surface area contributed by atoms with E-state index in [-0.39, 0.29) is 31.1 Å². The molecule has 0 heterocycles. The number of carbonyl (C=O) groups is 4. The average Bonchev–Trinajstić information content (AvgIpc) is 2.76. The van der Waals surface area contributed by atoms with Gasteiger partial charge in [-0.3, -0.25) is 14.4 Å². The van der Waals surface area contributed by atoms with Gasteiger partial charge < -0.3 is 10.1 Å². The number of alkyl carbamates (subject to hydrolysis) is 1. The Hall–Kier alpha value is -3.28. The smallest absolute Gasteiger partial charge is 0.408 e. The van der Waals surface area contributed by atoms with Crippen LogP contribution in [-0.4, -0.2) is 29.5 Å². The molecule has 2 rings (SSSR count). The average molecular weight is 424 g/mol. The number of Topliss-reactive ketones (excluding diaryl/α,β-unsaturated/α-hetero) is 3. The maximum absolute atomic E-state index is 13.0. The molecule has 1 unspecified atom stereocenters. The Morgan fingerprint density at radius 3 is 1.94 bits per heavy atom. The molecule has 1 N–H and O–H groups in total. The molecule has 31 heavy (non-hydrogen) atoms. The Labute approximate surface area is 183 Å². The number of ether oxygens (including phenoxy) is 1. The first kappa shape index (κ1) is 24.0. The highest BCUT2D eigenvalue weighted by molar-refractivity contribution is 6.37. The van der Waals surface area contributed by atoms with E-state index in [4.69, 9.17) is 4.74 Å². The summed E-state index contributed by atoms with van der Waals surface area (Å²) in [6.07, 6.45) is -0.544. The summed E-state index contributed by atoms with van der Waals surface area (Å²) in [4.78, 5) is 49.4. The standard InChI is InChI=1S/C25H29NO5/c1-17(2)23(26-25(30)31-16-20-12-8-5-9-13-20)22(28)15-21(24(29)18(3)27)14-19-10-6-4-7-11-19/h4-13,17,21,23H,14-16H2,1-3H3,(H,26,30)/t21?,23-/m0/s1. The van der Waals surface area contributed by atoms with Crippen LogP contribution in [0, 0.1) is 11.8 Å². The van der Waals surface area contributed by atoms with Gasteiger partial charge in [0.2, 0.25) is 5.78 Å². The highest BCUT2D eigenvalue weighted by atomic mass is 16.5. The fourth-order valence-electron chi connectivity index (χ4n) is 3.32. The Balaban J connectivity index is 2.04. The predicted molar refractivity (Wildman–Crippen MR) is 117 cm³/mol. The minimum Gasteiger partial charge on any atom is -0.445 e. The number of benzene rings is 2. The fraction of sp³-hybridized carbons (Fsp3) is 0.360. The second-order valence-corrected chi connectivity index (χ2v) is 7.91. The summed E-state index contributed by atoms with van der Waals surface area (Å²) in [5.74, 6) is -2.43. The lowest BCUT2D eigenvalue weighted by Gasteiger charge is -2.23. The molecule has 0 saturated heterocycles. The largest absolute Gasteiger partial charge is 0.445 e. The van der Waals surface area contributed by atoms with Crippen LogP contribution in [0.25, 0.3) is 0 Å². The number of ketones is 3. The fourth-order valence-corrected chi connectivity index (χ4v) is 3.32. The first-order valence-corrected chi connectivity index (χ1v) is 10.4. The van der Waals surface area contributed by atoms with Crippen molar-refractivity contribution >= 4 is 23.4 Å². The summed E-state index contributed by atoms with van der Waals surface area (Å²) >= 11 is 0. The lowest BCUT2D eigenvalue weighted by molar-refractivity contribution is -0.139. The van der Waals surface area contributed by atoms with Crippen molar-refractivity contribution in [2.75, 3.05) is 0 Å². The van der Waals surface area contributed by atoms with Gasteiger partial charge in [0.25, 0.3) is 0 Å². The van der Waals surface area contributed by atoms with E-state index in [0.29, 0.717) is 0 Å². The van der Waals surface area contributed by atoms with E-state index in [2.05, 4.69) is 5.32 Å². The van der Waals surface area contributed by atoms with Gasteiger partial charge in [-0.25, -0.2) is 4.79 Å². The van der Waals surface area contributed by atoms with Gasteiger partial charge in [-0.05, 0) is 23.5 Å². The molecule has 6 nitrogen and oxygen atoms in total. The second-order valence-electron chi connectivity index (χ2n) is 7.91. The maximum atomic E-state index is 13.0. The molecule has 2 aromatic rings. The van der Waals surface area contributed by atoms with Crippen molar-refractivity contribution < 1.29 is 23.9 Å². The summed E-state index contributed by atoms with van der Waals surface area (Å²) in [5.41, 5.74) is 1.70. The number of hydrogen-bond donors (Lipinski definition) is 1. The van der Waals surface area contributed by atoms with Crippen LogP contribution >= 0.6 is 0 Å². The van der Waals surface area contributed by atoms with Crippen molar-refractivity contribution in [2.24, 2.45) is 11.8 Å². The minimum absolute atomic E-state index is 0.0884. The summed E-state index contributed by atoms with van der Waals surface area (Å²) in [5, 5.41) is 2.62. The van der Waals surface area contributed by atoms with Crippen LogP contribution in [0.1, 0.15) is 38.3 Å². The SMILES string of the molecule is CC(=O)C(=O)C(CC(=O)[C@@H](NC(=O)OCc1ccccc1)C(C)C)Cc1ccccc1. The van der Waals surface area contributed by atoms with Crippen LogP contribution < -0.4 is 5.32 Å². The van der Waals surface area contributed by atoms with Crippen LogP contribution in [-0.2, 0) is 32.1 Å². The minimum atomic E-state index is -0.818. The van der Waals surface area contributed by atoms with E-state index in [1.54, 1.807) is 13.8 Å². The van der Waals surface area contributed by atoms with Crippen molar-refractivity contribution in [2.45, 2.75) is 46.3 Å². The van der Waals surface area contributed by atoms with Crippen molar-refractivity contribution in [3.63, 3.8) is 0 Å². The number of rotatable bonds is 11. The molecule has 0 spiro atoms. The number of hydrogen-bond acceptors (Lipinski definition) is 5. The lowest BCUT2D eigenvalue weighted by Crippen LogP contribution is -2.45. The van der Waals surface area contributed by atoms with E-state index in [1.807, 2.05) is 60.7 Å². The van der Waals surface area contributed by atoms with Gasteiger partial charge >= 0.3 is 6.09 Å². The van der Waals surface area contributed by atoms with Crippen molar-refractivity contribution in [3.8, 4) is 0 Å². The molecule has 0 radical (unpaired) electrons. The van der Waals surface area contributed by atoms with Gasteiger partial charge in [0.05, 0.1) is 6.04 Å². The number of carbonyl (C=O) groups excluding carboxylic acids is 4. The first-order chi connectivity index (χ1) is 14.8. The van der Waals surface area contributed by atoms with E-state index >= 15 is 0 Å². The molecule has 0 fully saturated rings. The van der Waals surface area contributed by atoms with Crippen LogP contribution in [0.4, 0.5) is 4.79 Å². The summed E-state index contributed by atoms with van der Waals surface area (Å²) in [7, 11) is 0. The topological polar surface area (TPSA) is 89.5 Å². The molecule has 2 aromatic carbocycles. The number of nitrogens with one attached hydrogen (secondary N) is 1. The van der Waals surface area contributed by atoms with Gasteiger partial charge in [-0.2, -0.15) is 0 Å². The van der Waals surface area contributed by atoms with Crippen molar-refractivity contribution in [3.05, 3.63) is 71.8 Å². The second kappa shape index (κ2) is 11.8. The predicted octanol–water partition coefficient (Wildman–Crippen LogP) is 3.91. The molecule has 164 valence electrons. The maximum Gasteiger partial charge on any atom is 0.408 e. The van der Waals surface area contributed by atoms with Crippen LogP contribution in [0.5, 0.6) is 0 Å². The highest BCUT2D eigenvalue weighted by Crippen LogP contribution is 2.18. The highest BCUT2D eigenvalue weighted by Gasteiger charge is 2.31. The molecule has 0 aliphatic heterocycles. The summed E-state index contributed by atoms with van der Waals surface area (Å²) < 4.78 is 5.22. The molecule has 0 aromatic heterocycles. The molecule has 1 amide bonds. The Bertz CT molecular complexity index is 893. The summed E-state index contributed by atoms with van der Waals surface area (Å²) in [6, 6.07) is 17.6. The monoisotopic (exact) mass is 423 g/mol. The zero-order valence-electron chi connectivity index (χ0n) is 18.2. The van der Waals surface area contributed by atoms with Gasteiger partial charge in [-0.1, -0.05) is 74.5 Å². The third kappa shape index (κ3) is 7.81. The quantitative estimate of drug-likeness (QED) is 0.554. The molecular formula is C25H29NO5. The molecule has 0 bridgehead atoms. The molecule has 0 aliphatic carbocycles. The Morgan fingerprint density at radius 1 is 0.871 bits per heavy atom. The van der Waals surface area contributed by atoms with Gasteiger partial charge in [0, 0.05) is 19.3 Å². The van der Waals surface area contributed by atoms with E-state index in [9.17, 15) is 19.2 Å². The number of amides is 1. The molecule has 6 heteroatoms. The Kier molecular flexibility index (Phi) is 9.13. The van der Waals surface area contributed by atoms with Crippen LogP contribution in [0.3, 0.4) is 0 Å². The zero-order chi connectivity index (χ0) is 22.8. The zero-order valence-corrected chi connectivity index (χ0v) is 18.2. The first-order valence-electron chi connectivity index (χ1n) is 10.4. The van der Waals surface area contributed by atoms with Crippen LogP contribution in [0.15, 0.2) is 60.7 Å². The normalized spacial score (nSPS) is 12.6. The third-order valence-corrected chi connectivity index (χ3v) is 4.99. The third-order valence-electron chi connectivity index (χ3n) is 4.99. The van der Waals surface area contributed by atoms with Crippen molar-refractivity contribution in [1.82, 2.24) is 5.32 Å². The summed E-state index contributed by atoms with van der Waals surface area (Å²) in [6.45, 7) is 4.91. The van der Waals surface area contributed by atoms with Crippen LogP contribution in [0.2, 0.25) is 0 Å². The van der Waals surface area contributed by atoms with E-state index in [0.717, 1.165) is 11.1 Å². The lowest BCUT2D eigenvalue weighted by atomic mass is 9.85. The molecule has 0 saturated carbocycles. The van der Waals surface area contributed by atoms with Gasteiger partial charge in [0.1, 0.15) is 6.61 Å². The van der Waals surface area contributed by atoms with Gasteiger partial charge in [-0.15, -0.1) is 0 Å².